The maximum Gasteiger partial charge on any atom is 0.154 e. The van der Waals surface area contributed by atoms with Gasteiger partial charge in [-0.05, 0) is 43.9 Å². The highest BCUT2D eigenvalue weighted by Crippen LogP contribution is 2.34. The van der Waals surface area contributed by atoms with Crippen LogP contribution in [0.25, 0.3) is 0 Å². The number of aryl methyl sites for hydroxylation is 1. The summed E-state index contributed by atoms with van der Waals surface area (Å²) in [6.45, 7) is 5.65. The Morgan fingerprint density at radius 2 is 1.95 bits per heavy atom. The van der Waals surface area contributed by atoms with Crippen molar-refractivity contribution in [3.63, 3.8) is 0 Å². The fourth-order valence-corrected chi connectivity index (χ4v) is 2.83. The third kappa shape index (κ3) is 2.61. The van der Waals surface area contributed by atoms with Crippen LogP contribution in [0.5, 0.6) is 0 Å². The summed E-state index contributed by atoms with van der Waals surface area (Å²) in [7, 11) is 0. The lowest BCUT2D eigenvalue weighted by molar-refractivity contribution is 0.0113. The maximum absolute atomic E-state index is 10.8. The Labute approximate surface area is 124 Å². The van der Waals surface area contributed by atoms with Gasteiger partial charge in [0.1, 0.15) is 0 Å². The first-order chi connectivity index (χ1) is 10.1. The van der Waals surface area contributed by atoms with Crippen molar-refractivity contribution >= 4 is 5.82 Å². The molecule has 3 heterocycles. The average Bonchev–Trinajstić information content (AvgIpc) is 2.52. The first kappa shape index (κ1) is 13.9. The van der Waals surface area contributed by atoms with Crippen molar-refractivity contribution in [2.45, 2.75) is 32.3 Å². The number of hydrogen-bond acceptors (Lipinski definition) is 5. The molecule has 0 bridgehead atoms. The highest BCUT2D eigenvalue weighted by Gasteiger charge is 2.35. The van der Waals surface area contributed by atoms with Crippen LogP contribution >= 0.6 is 0 Å². The summed E-state index contributed by atoms with van der Waals surface area (Å²) >= 11 is 0. The van der Waals surface area contributed by atoms with Gasteiger partial charge in [0.05, 0.1) is 11.8 Å². The Bertz CT molecular complexity index is 621. The molecule has 110 valence electrons. The molecule has 21 heavy (non-hydrogen) atoms. The van der Waals surface area contributed by atoms with Gasteiger partial charge in [0, 0.05) is 31.0 Å². The van der Waals surface area contributed by atoms with E-state index in [1.165, 1.54) is 0 Å². The molecule has 0 radical (unpaired) electrons. The van der Waals surface area contributed by atoms with Gasteiger partial charge in [0.15, 0.2) is 5.82 Å². The van der Waals surface area contributed by atoms with Gasteiger partial charge in [0.2, 0.25) is 0 Å². The van der Waals surface area contributed by atoms with E-state index in [4.69, 9.17) is 0 Å². The third-order valence-electron chi connectivity index (χ3n) is 4.42. The topological polar surface area (TPSA) is 62.1 Å². The monoisotopic (exact) mass is 284 g/mol. The predicted octanol–water partition coefficient (Wildman–Crippen LogP) is 1.98. The molecule has 1 saturated heterocycles. The van der Waals surface area contributed by atoms with Crippen molar-refractivity contribution in [3.8, 4) is 0 Å². The van der Waals surface area contributed by atoms with Crippen LogP contribution in [0.15, 0.2) is 30.7 Å². The normalized spacial score (nSPS) is 17.8. The highest BCUT2D eigenvalue weighted by atomic mass is 16.3. The molecule has 0 amide bonds. The van der Waals surface area contributed by atoms with E-state index >= 15 is 0 Å². The average molecular weight is 284 g/mol. The summed E-state index contributed by atoms with van der Waals surface area (Å²) in [5.74, 6) is 0.934. The van der Waals surface area contributed by atoms with Gasteiger partial charge in [-0.1, -0.05) is 6.07 Å². The Morgan fingerprint density at radius 1 is 1.19 bits per heavy atom. The van der Waals surface area contributed by atoms with E-state index in [0.717, 1.165) is 35.6 Å². The lowest BCUT2D eigenvalue weighted by atomic mass is 9.85. The van der Waals surface area contributed by atoms with Crippen LogP contribution in [-0.4, -0.2) is 33.4 Å². The number of aliphatic hydroxyl groups is 1. The fraction of sp³-hybridized carbons (Fsp3) is 0.438. The summed E-state index contributed by atoms with van der Waals surface area (Å²) in [6.07, 6.45) is 6.62. The quantitative estimate of drug-likeness (QED) is 0.913. The van der Waals surface area contributed by atoms with E-state index in [9.17, 15) is 5.11 Å². The largest absolute Gasteiger partial charge is 0.385 e. The first-order valence-corrected chi connectivity index (χ1v) is 7.27. The first-order valence-electron chi connectivity index (χ1n) is 7.27. The molecule has 5 nitrogen and oxygen atoms in total. The molecule has 1 N–H and O–H groups in total. The van der Waals surface area contributed by atoms with Gasteiger partial charge in [0.25, 0.3) is 0 Å². The molecule has 1 aliphatic rings. The SMILES string of the molecule is Cc1cnnc(N2CCC(O)(c3cccnc3)CC2)c1C. The Hall–Kier alpha value is -2.01. The number of pyridine rings is 1. The highest BCUT2D eigenvalue weighted by molar-refractivity contribution is 5.48. The summed E-state index contributed by atoms with van der Waals surface area (Å²) < 4.78 is 0. The Kier molecular flexibility index (Phi) is 3.59. The molecule has 0 spiro atoms. The number of piperidine rings is 1. The smallest absolute Gasteiger partial charge is 0.154 e. The molecule has 5 heteroatoms. The summed E-state index contributed by atoms with van der Waals surface area (Å²) in [5.41, 5.74) is 2.43. The minimum Gasteiger partial charge on any atom is -0.385 e. The van der Waals surface area contributed by atoms with Crippen molar-refractivity contribution in [1.82, 2.24) is 15.2 Å². The molecule has 2 aromatic rings. The number of nitrogens with zero attached hydrogens (tertiary/aromatic N) is 4. The van der Waals surface area contributed by atoms with Crippen molar-refractivity contribution in [2.24, 2.45) is 0 Å². The van der Waals surface area contributed by atoms with Crippen molar-refractivity contribution < 1.29 is 5.11 Å². The van der Waals surface area contributed by atoms with Gasteiger partial charge in [-0.15, -0.1) is 5.10 Å². The molecule has 1 aliphatic heterocycles. The van der Waals surface area contributed by atoms with Gasteiger partial charge in [-0.2, -0.15) is 5.10 Å². The van der Waals surface area contributed by atoms with E-state index in [-0.39, 0.29) is 0 Å². The summed E-state index contributed by atoms with van der Waals surface area (Å²) in [6, 6.07) is 3.82. The minimum atomic E-state index is -0.782. The van der Waals surface area contributed by atoms with Crippen molar-refractivity contribution in [3.05, 3.63) is 47.4 Å². The fourth-order valence-electron chi connectivity index (χ4n) is 2.83. The summed E-state index contributed by atoms with van der Waals surface area (Å²) in [4.78, 5) is 6.32. The van der Waals surface area contributed by atoms with Crippen molar-refractivity contribution in [2.75, 3.05) is 18.0 Å². The van der Waals surface area contributed by atoms with Crippen LogP contribution in [0.1, 0.15) is 29.5 Å². The molecule has 0 aromatic carbocycles. The van der Waals surface area contributed by atoms with E-state index in [0.29, 0.717) is 12.8 Å². The number of rotatable bonds is 2. The molecule has 2 aromatic heterocycles. The number of aromatic nitrogens is 3. The molecule has 3 rings (SSSR count). The lowest BCUT2D eigenvalue weighted by Gasteiger charge is -2.39. The van der Waals surface area contributed by atoms with Crippen LogP contribution in [0.2, 0.25) is 0 Å². The van der Waals surface area contributed by atoms with Crippen LogP contribution in [-0.2, 0) is 5.60 Å². The third-order valence-corrected chi connectivity index (χ3v) is 4.42. The van der Waals surface area contributed by atoms with Gasteiger partial charge in [-0.3, -0.25) is 4.98 Å². The molecule has 0 aliphatic carbocycles. The second-order valence-corrected chi connectivity index (χ2v) is 5.74. The zero-order chi connectivity index (χ0) is 14.9. The zero-order valence-electron chi connectivity index (χ0n) is 12.5. The van der Waals surface area contributed by atoms with Crippen LogP contribution < -0.4 is 4.90 Å². The molecular formula is C16H20N4O. The second kappa shape index (κ2) is 5.41. The number of hydrogen-bond donors (Lipinski definition) is 1. The molecule has 0 atom stereocenters. The predicted molar refractivity (Wildman–Crippen MR) is 81.1 cm³/mol. The van der Waals surface area contributed by atoms with E-state index < -0.39 is 5.60 Å². The zero-order valence-corrected chi connectivity index (χ0v) is 12.5. The Morgan fingerprint density at radius 3 is 2.62 bits per heavy atom. The van der Waals surface area contributed by atoms with E-state index in [1.54, 1.807) is 18.6 Å². The van der Waals surface area contributed by atoms with Gasteiger partial charge < -0.3 is 10.0 Å². The van der Waals surface area contributed by atoms with Crippen LogP contribution in [0.4, 0.5) is 5.82 Å². The number of anilines is 1. The molecule has 0 saturated carbocycles. The van der Waals surface area contributed by atoms with Gasteiger partial charge >= 0.3 is 0 Å². The molecular weight excluding hydrogens is 264 g/mol. The standard InChI is InChI=1S/C16H20N4O/c1-12-10-18-19-15(13(12)2)20-8-5-16(21,6-9-20)14-4-3-7-17-11-14/h3-4,7,10-11,21H,5-6,8-9H2,1-2H3. The second-order valence-electron chi connectivity index (χ2n) is 5.74. The van der Waals surface area contributed by atoms with Crippen molar-refractivity contribution in [1.29, 1.82) is 0 Å². The van der Waals surface area contributed by atoms with E-state index in [1.807, 2.05) is 19.1 Å². The van der Waals surface area contributed by atoms with Crippen LogP contribution in [0, 0.1) is 13.8 Å². The molecule has 1 fully saturated rings. The lowest BCUT2D eigenvalue weighted by Crippen LogP contribution is -2.43. The van der Waals surface area contributed by atoms with E-state index in [2.05, 4.69) is 27.0 Å². The van der Waals surface area contributed by atoms with Crippen LogP contribution in [0.3, 0.4) is 0 Å². The Balaban J connectivity index is 1.78. The maximum atomic E-state index is 10.8. The van der Waals surface area contributed by atoms with Gasteiger partial charge in [-0.25, -0.2) is 0 Å². The summed E-state index contributed by atoms with van der Waals surface area (Å²) in [5, 5.41) is 19.1. The molecule has 0 unspecified atom stereocenters. The minimum absolute atomic E-state index is 0.674.